The van der Waals surface area contributed by atoms with Gasteiger partial charge in [-0.25, -0.2) is 4.79 Å². The van der Waals surface area contributed by atoms with E-state index >= 15 is 0 Å². The van der Waals surface area contributed by atoms with E-state index in [9.17, 15) is 22.8 Å². The van der Waals surface area contributed by atoms with E-state index in [1.165, 1.54) is 11.8 Å². The van der Waals surface area contributed by atoms with Crippen LogP contribution < -0.4 is 11.2 Å². The number of hydrogen-bond acceptors (Lipinski definition) is 3. The molecule has 0 aliphatic carbocycles. The molecule has 1 heterocycles. The highest BCUT2D eigenvalue weighted by Crippen LogP contribution is 2.20. The van der Waals surface area contributed by atoms with Crippen molar-refractivity contribution in [1.29, 1.82) is 0 Å². The Balaban J connectivity index is 2.95. The molecular formula is C10H13F3N2O2S. The van der Waals surface area contributed by atoms with Crippen LogP contribution >= 0.6 is 11.8 Å². The predicted octanol–water partition coefficient (Wildman–Crippen LogP) is 1.99. The second kappa shape index (κ2) is 5.64. The van der Waals surface area contributed by atoms with Crippen molar-refractivity contribution in [2.45, 2.75) is 43.3 Å². The van der Waals surface area contributed by atoms with E-state index in [0.29, 0.717) is 9.59 Å². The summed E-state index contributed by atoms with van der Waals surface area (Å²) in [5, 5.41) is 0.523. The zero-order chi connectivity index (χ0) is 13.9. The lowest BCUT2D eigenvalue weighted by atomic mass is 10.4. The number of rotatable bonds is 4. The lowest BCUT2D eigenvalue weighted by Crippen LogP contribution is -2.36. The van der Waals surface area contributed by atoms with Crippen LogP contribution in [-0.2, 0) is 6.54 Å². The fourth-order valence-corrected chi connectivity index (χ4v) is 2.09. The monoisotopic (exact) mass is 282 g/mol. The molecule has 0 bridgehead atoms. The van der Waals surface area contributed by atoms with Crippen LogP contribution in [0.1, 0.15) is 20.3 Å². The number of halogens is 3. The fraction of sp³-hybridized carbons (Fsp3) is 0.600. The molecule has 1 aromatic rings. The molecule has 0 aromatic carbocycles. The summed E-state index contributed by atoms with van der Waals surface area (Å²) < 4.78 is 36.6. The Morgan fingerprint density at radius 2 is 2.00 bits per heavy atom. The van der Waals surface area contributed by atoms with Crippen LogP contribution in [0.15, 0.2) is 20.7 Å². The minimum atomic E-state index is -4.39. The normalized spacial score (nSPS) is 12.1. The molecule has 0 aliphatic heterocycles. The lowest BCUT2D eigenvalue weighted by molar-refractivity contribution is -0.137. The fourth-order valence-electron chi connectivity index (χ4n) is 1.27. The first kappa shape index (κ1) is 14.9. The summed E-state index contributed by atoms with van der Waals surface area (Å²) in [6.07, 6.45) is -5.59. The maximum atomic E-state index is 12.0. The van der Waals surface area contributed by atoms with Gasteiger partial charge in [0, 0.05) is 17.9 Å². The Labute approximate surface area is 105 Å². The smallest absolute Gasteiger partial charge is 0.302 e. The molecule has 0 aliphatic rings. The quantitative estimate of drug-likeness (QED) is 0.678. The average molecular weight is 282 g/mol. The summed E-state index contributed by atoms with van der Waals surface area (Å²) in [6, 6.07) is 1.14. The molecule has 0 saturated carbocycles. The third-order valence-corrected chi connectivity index (χ3v) is 2.92. The predicted molar refractivity (Wildman–Crippen MR) is 63.0 cm³/mol. The van der Waals surface area contributed by atoms with Crippen molar-refractivity contribution in [2.75, 3.05) is 0 Å². The molecule has 102 valence electrons. The minimum absolute atomic E-state index is 0.158. The van der Waals surface area contributed by atoms with Crippen molar-refractivity contribution in [1.82, 2.24) is 9.55 Å². The summed E-state index contributed by atoms with van der Waals surface area (Å²) in [5.41, 5.74) is -1.53. The maximum Gasteiger partial charge on any atom is 0.390 e. The van der Waals surface area contributed by atoms with Gasteiger partial charge in [0.15, 0.2) is 0 Å². The molecule has 8 heteroatoms. The van der Waals surface area contributed by atoms with Crippen LogP contribution in [0.25, 0.3) is 0 Å². The third-order valence-electron chi connectivity index (χ3n) is 1.98. The summed E-state index contributed by atoms with van der Waals surface area (Å²) in [4.78, 5) is 25.4. The molecule has 0 spiro atoms. The van der Waals surface area contributed by atoms with Gasteiger partial charge in [0.25, 0.3) is 5.56 Å². The highest BCUT2D eigenvalue weighted by molar-refractivity contribution is 7.99. The first-order valence-corrected chi connectivity index (χ1v) is 6.14. The molecule has 18 heavy (non-hydrogen) atoms. The van der Waals surface area contributed by atoms with Gasteiger partial charge in [-0.3, -0.25) is 9.36 Å². The summed E-state index contributed by atoms with van der Waals surface area (Å²) in [6.45, 7) is 3.08. The van der Waals surface area contributed by atoms with Crippen LogP contribution in [0, 0.1) is 0 Å². The number of nitrogens with one attached hydrogen (secondary N) is 1. The maximum absolute atomic E-state index is 12.0. The summed E-state index contributed by atoms with van der Waals surface area (Å²) in [7, 11) is 0. The van der Waals surface area contributed by atoms with Crippen molar-refractivity contribution in [2.24, 2.45) is 0 Å². The molecular weight excluding hydrogens is 269 g/mol. The van der Waals surface area contributed by atoms with Crippen molar-refractivity contribution >= 4 is 11.8 Å². The SMILES string of the molecule is CC(C)Sc1cc(=O)n(CCC(F)(F)F)c(=O)[nH]1. The highest BCUT2D eigenvalue weighted by Gasteiger charge is 2.27. The number of aromatic amines is 1. The Kier molecular flexibility index (Phi) is 4.66. The number of nitrogens with zero attached hydrogens (tertiary/aromatic N) is 1. The molecule has 1 N–H and O–H groups in total. The number of H-pyrrole nitrogens is 1. The molecule has 1 rings (SSSR count). The van der Waals surface area contributed by atoms with Gasteiger partial charge in [-0.05, 0) is 0 Å². The van der Waals surface area contributed by atoms with Gasteiger partial charge < -0.3 is 4.98 Å². The Hall–Kier alpha value is -1.18. The number of alkyl halides is 3. The van der Waals surface area contributed by atoms with Crippen molar-refractivity contribution < 1.29 is 13.2 Å². The van der Waals surface area contributed by atoms with Crippen molar-refractivity contribution in [3.8, 4) is 0 Å². The lowest BCUT2D eigenvalue weighted by Gasteiger charge is -2.09. The third kappa shape index (κ3) is 4.59. The van der Waals surface area contributed by atoms with E-state index in [2.05, 4.69) is 4.98 Å². The Morgan fingerprint density at radius 3 is 2.44 bits per heavy atom. The van der Waals surface area contributed by atoms with Gasteiger partial charge in [0.2, 0.25) is 0 Å². The second-order valence-corrected chi connectivity index (χ2v) is 5.58. The van der Waals surface area contributed by atoms with Crippen LogP contribution in [0.5, 0.6) is 0 Å². The van der Waals surface area contributed by atoms with Gasteiger partial charge in [-0.15, -0.1) is 11.8 Å². The molecule has 4 nitrogen and oxygen atoms in total. The first-order valence-electron chi connectivity index (χ1n) is 5.26. The Morgan fingerprint density at radius 1 is 1.39 bits per heavy atom. The van der Waals surface area contributed by atoms with Gasteiger partial charge in [0.1, 0.15) is 0 Å². The largest absolute Gasteiger partial charge is 0.390 e. The number of aromatic nitrogens is 2. The minimum Gasteiger partial charge on any atom is -0.302 e. The van der Waals surface area contributed by atoms with E-state index in [-0.39, 0.29) is 5.25 Å². The zero-order valence-corrected chi connectivity index (χ0v) is 10.7. The zero-order valence-electron chi connectivity index (χ0n) is 9.87. The van der Waals surface area contributed by atoms with Gasteiger partial charge in [-0.1, -0.05) is 13.8 Å². The average Bonchev–Trinajstić information content (AvgIpc) is 2.12. The van der Waals surface area contributed by atoms with Crippen LogP contribution in [0.4, 0.5) is 13.2 Å². The summed E-state index contributed by atoms with van der Waals surface area (Å²) >= 11 is 1.27. The summed E-state index contributed by atoms with van der Waals surface area (Å²) in [5.74, 6) is 0. The molecule has 0 radical (unpaired) electrons. The van der Waals surface area contributed by atoms with E-state index in [0.717, 1.165) is 6.07 Å². The molecule has 0 atom stereocenters. The first-order chi connectivity index (χ1) is 8.19. The van der Waals surface area contributed by atoms with E-state index < -0.39 is 30.4 Å². The van der Waals surface area contributed by atoms with Crippen LogP contribution in [0.2, 0.25) is 0 Å². The second-order valence-electron chi connectivity index (χ2n) is 3.96. The molecule has 0 unspecified atom stereocenters. The Bertz CT molecular complexity index is 488. The van der Waals surface area contributed by atoms with Crippen LogP contribution in [-0.4, -0.2) is 21.0 Å². The van der Waals surface area contributed by atoms with Crippen LogP contribution in [0.3, 0.4) is 0 Å². The van der Waals surface area contributed by atoms with Crippen molar-refractivity contribution in [3.05, 3.63) is 26.9 Å². The van der Waals surface area contributed by atoms with Gasteiger partial charge in [-0.2, -0.15) is 13.2 Å². The number of thioether (sulfide) groups is 1. The van der Waals surface area contributed by atoms with Crippen molar-refractivity contribution in [3.63, 3.8) is 0 Å². The van der Waals surface area contributed by atoms with E-state index in [1.807, 2.05) is 13.8 Å². The highest BCUT2D eigenvalue weighted by atomic mass is 32.2. The molecule has 0 amide bonds. The molecule has 0 fully saturated rings. The molecule has 0 saturated heterocycles. The topological polar surface area (TPSA) is 54.9 Å². The van der Waals surface area contributed by atoms with E-state index in [1.54, 1.807) is 0 Å². The van der Waals surface area contributed by atoms with Gasteiger partial charge >= 0.3 is 11.9 Å². The van der Waals surface area contributed by atoms with Gasteiger partial charge in [0.05, 0.1) is 11.4 Å². The van der Waals surface area contributed by atoms with E-state index in [4.69, 9.17) is 0 Å². The standard InChI is InChI=1S/C10H13F3N2O2S/c1-6(2)18-7-5-8(16)15(9(17)14-7)4-3-10(11,12)13/h5-6H,3-4H2,1-2H3,(H,14,17). The number of hydrogen-bond donors (Lipinski definition) is 1. The molecule has 1 aromatic heterocycles.